The Balaban J connectivity index is 0.000000182. The van der Waals surface area contributed by atoms with Gasteiger partial charge in [0.25, 0.3) is 23.6 Å². The van der Waals surface area contributed by atoms with Crippen molar-refractivity contribution in [2.75, 3.05) is 98.2 Å². The second-order valence-corrected chi connectivity index (χ2v) is 41.6. The van der Waals surface area contributed by atoms with Crippen LogP contribution < -0.4 is 0 Å². The quantitative estimate of drug-likeness (QED) is 0.0522. The van der Waals surface area contributed by atoms with E-state index in [1.165, 1.54) is 16.7 Å². The lowest BCUT2D eigenvalue weighted by atomic mass is 9.79. The molecule has 0 aromatic heterocycles. The first kappa shape index (κ1) is 106. The topological polar surface area (TPSA) is 184 Å². The predicted octanol–water partition coefficient (Wildman–Crippen LogP) is 22.8. The maximum Gasteiger partial charge on any atom is 0.410 e. The van der Waals surface area contributed by atoms with Crippen molar-refractivity contribution in [2.24, 2.45) is 16.2 Å². The lowest BCUT2D eigenvalue weighted by molar-refractivity contribution is 0.00606. The summed E-state index contributed by atoms with van der Waals surface area (Å²) in [5, 5.41) is 0. The number of ether oxygens (including phenoxy) is 2. The third-order valence-electron chi connectivity index (χ3n) is 26.3. The van der Waals surface area contributed by atoms with Crippen LogP contribution in [-0.4, -0.2) is 208 Å². The predicted molar refractivity (Wildman–Crippen MR) is 545 cm³/mol. The Bertz CT molecular complexity index is 5240. The van der Waals surface area contributed by atoms with Crippen molar-refractivity contribution in [1.82, 2.24) is 43.5 Å². The minimum Gasteiger partial charge on any atom is -0.445 e. The zero-order valence-corrected chi connectivity index (χ0v) is 82.7. The van der Waals surface area contributed by atoms with Crippen molar-refractivity contribution in [1.29, 1.82) is 0 Å². The average Bonchev–Trinajstić information content (AvgIpc) is 0.787. The van der Waals surface area contributed by atoms with E-state index in [-0.39, 0.29) is 63.1 Å². The van der Waals surface area contributed by atoms with Gasteiger partial charge in [-0.1, -0.05) is 238 Å². The van der Waals surface area contributed by atoms with Crippen LogP contribution >= 0.6 is 0 Å². The number of amides is 6. The van der Waals surface area contributed by atoms with E-state index in [0.29, 0.717) is 61.8 Å². The molecule has 0 N–H and O–H groups in total. The molecular formula is C114H149N9O10S. The highest BCUT2D eigenvalue weighted by Gasteiger charge is 2.45. The first-order valence-corrected chi connectivity index (χ1v) is 49.0. The highest BCUT2D eigenvalue weighted by Crippen LogP contribution is 2.39. The molecule has 8 aromatic carbocycles. The number of likely N-dealkylation sites (tertiary alicyclic amines) is 2. The molecular weight excluding hydrogens is 1690 g/mol. The molecule has 134 heavy (non-hydrogen) atoms. The van der Waals surface area contributed by atoms with E-state index in [1.807, 2.05) is 277 Å². The summed E-state index contributed by atoms with van der Waals surface area (Å²) >= 11 is 0. The first-order valence-electron chi connectivity index (χ1n) is 47.6. The molecule has 0 bridgehead atoms. The van der Waals surface area contributed by atoms with Crippen molar-refractivity contribution >= 4 is 45.8 Å². The number of allylic oxidation sites excluding steroid dienone is 3. The fourth-order valence-electron chi connectivity index (χ4n) is 18.9. The van der Waals surface area contributed by atoms with Gasteiger partial charge in [-0.3, -0.25) is 29.0 Å². The second-order valence-electron chi connectivity index (χ2n) is 39.6. The monoisotopic (exact) mass is 1840 g/mol. The highest BCUT2D eigenvalue weighted by atomic mass is 32.2. The zero-order chi connectivity index (χ0) is 97.2. The average molecular weight is 1840 g/mol. The lowest BCUT2D eigenvalue weighted by Gasteiger charge is -2.49. The highest BCUT2D eigenvalue weighted by molar-refractivity contribution is 7.89. The van der Waals surface area contributed by atoms with Crippen molar-refractivity contribution in [3.63, 3.8) is 0 Å². The fourth-order valence-corrected chi connectivity index (χ4v) is 20.5. The summed E-state index contributed by atoms with van der Waals surface area (Å²) in [6.07, 6.45) is 22.6. The molecule has 716 valence electrons. The Kier molecular flexibility index (Phi) is 39.7. The van der Waals surface area contributed by atoms with Crippen LogP contribution in [0, 0.1) is 30.1 Å². The van der Waals surface area contributed by atoms with E-state index >= 15 is 0 Å². The number of carbonyl (C=O) groups excluding carboxylic acids is 6. The van der Waals surface area contributed by atoms with Crippen LogP contribution in [0.2, 0.25) is 0 Å². The summed E-state index contributed by atoms with van der Waals surface area (Å²) in [4.78, 5) is 92.5. The van der Waals surface area contributed by atoms with Gasteiger partial charge in [0, 0.05) is 145 Å². The normalized spacial score (nSPS) is 22.1. The summed E-state index contributed by atoms with van der Waals surface area (Å²) in [5.74, 6) is 0.254. The smallest absolute Gasteiger partial charge is 0.410 e. The number of sulfonamides is 1. The SMILES string of the molecule is C=CC[C@@]1(C)CN(C(=O)c2ccc(C)cc2)CCN1Cc1ccccc1.C=CC[C@@]1(C)CN(C(=O)c2ccccc2)CCN1C(=O)c1ccccc1.C=CC[C@@]1(C)CN(C(=O)c2ccccc2)CCN1Cc1ccccc1.C=CC[C@]1(C)CCCN(C(=O)OC(C)(C)C)C1.C=CC[C@]1(C)CCCN(C(=O)OCc2ccccc2)C1.C=CC[C@]1(C)CCCN(S(=O)(=O)c2ccc(C)cc2)C1. The fraction of sp³-hybridized carbons (Fsp3) is 0.421. The Morgan fingerprint density at radius 2 is 0.664 bits per heavy atom. The summed E-state index contributed by atoms with van der Waals surface area (Å²) in [6, 6.07) is 73.9. The van der Waals surface area contributed by atoms with Crippen LogP contribution in [0.25, 0.3) is 0 Å². The molecule has 6 saturated heterocycles. The van der Waals surface area contributed by atoms with Crippen LogP contribution in [0.15, 0.2) is 311 Å². The van der Waals surface area contributed by atoms with Crippen LogP contribution in [0.4, 0.5) is 9.59 Å². The summed E-state index contributed by atoms with van der Waals surface area (Å²) < 4.78 is 37.8. The van der Waals surface area contributed by atoms with Gasteiger partial charge in [0.15, 0.2) is 0 Å². The maximum atomic E-state index is 13.0. The van der Waals surface area contributed by atoms with Gasteiger partial charge in [-0.05, 0) is 226 Å². The third-order valence-corrected chi connectivity index (χ3v) is 28.2. The molecule has 0 unspecified atom stereocenters. The van der Waals surface area contributed by atoms with E-state index in [9.17, 15) is 37.2 Å². The second kappa shape index (κ2) is 50.1. The number of piperidine rings is 3. The van der Waals surface area contributed by atoms with Crippen molar-refractivity contribution in [3.05, 3.63) is 357 Å². The number of benzene rings is 8. The number of nitrogens with zero attached hydrogens (tertiary/aromatic N) is 9. The zero-order valence-electron chi connectivity index (χ0n) is 81.9. The number of piperazine rings is 3. The van der Waals surface area contributed by atoms with E-state index in [4.69, 9.17) is 9.47 Å². The van der Waals surface area contributed by atoms with E-state index in [0.717, 1.165) is 171 Å². The minimum atomic E-state index is -3.37. The molecule has 14 rings (SSSR count). The van der Waals surface area contributed by atoms with Gasteiger partial charge >= 0.3 is 12.2 Å². The molecule has 6 fully saturated rings. The first-order chi connectivity index (χ1) is 63.9. The van der Waals surface area contributed by atoms with Gasteiger partial charge in [-0.25, -0.2) is 18.0 Å². The third kappa shape index (κ3) is 31.3. The van der Waals surface area contributed by atoms with E-state index in [1.54, 1.807) is 16.4 Å². The Morgan fingerprint density at radius 1 is 0.343 bits per heavy atom. The molecule has 0 aliphatic carbocycles. The van der Waals surface area contributed by atoms with Crippen LogP contribution in [-0.2, 0) is 39.2 Å². The number of aryl methyl sites for hydroxylation is 2. The molecule has 8 aromatic rings. The number of hydrogen-bond acceptors (Lipinski definition) is 12. The van der Waals surface area contributed by atoms with E-state index in [2.05, 4.69) is 132 Å². The minimum absolute atomic E-state index is 0.00163. The molecule has 20 heteroatoms. The van der Waals surface area contributed by atoms with Crippen molar-refractivity contribution in [3.8, 4) is 0 Å². The van der Waals surface area contributed by atoms with Gasteiger partial charge in [-0.15, -0.1) is 39.5 Å². The maximum absolute atomic E-state index is 13.0. The standard InChI is InChI=1S/C23H28N2O.C22H24N2O2.C22H26N2O.C17H23NO2.C16H23NO2S.C14H25NO2/c1-4-14-23(3)18-24(22(26)21-12-10-19(2)11-13-21)15-16-25(23)17-20-8-6-5-7-9-20;1-3-14-22(2)17-23(20(25)18-10-6-4-7-11-18)15-16-24(22)21(26)19-12-8-5-9-13-19;1-3-14-22(2)18-23(21(25)20-12-8-5-9-13-20)15-16-24(22)17-19-10-6-4-7-11-19;1-3-10-17(2)11-7-12-18(14-17)16(19)20-13-15-8-5-4-6-9-15;1-4-10-16(3)11-5-12-17(13-16)20(18,19)15-8-6-14(2)7-9-15;1-6-8-14(5)9-7-10-15(11-14)12(16)17-13(2,3)4/h4-13H,1,14-18H2,2-3H3;3-13H,1,14-17H2,2H3;3-13H,1,14-18H2,2H3;3-6,8-9H,1,7,10-14H2,2H3;4,6-9H,1,5,10-13H2,2-3H3;6H,1,7-11H2,2-5H3/t23-;2*22-;17-;16-;14-/m000111/s1. The Morgan fingerprint density at radius 3 is 1.05 bits per heavy atom. The van der Waals surface area contributed by atoms with Gasteiger partial charge in [0.05, 0.1) is 10.4 Å². The molecule has 6 amide bonds. The van der Waals surface area contributed by atoms with Crippen LogP contribution in [0.5, 0.6) is 0 Å². The number of hydrogen-bond donors (Lipinski definition) is 0. The van der Waals surface area contributed by atoms with Crippen molar-refractivity contribution < 1.29 is 46.7 Å². The summed E-state index contributed by atoms with van der Waals surface area (Å²) in [6.45, 7) is 58.6. The lowest BCUT2D eigenvalue weighted by Crippen LogP contribution is -2.63. The van der Waals surface area contributed by atoms with Gasteiger partial charge < -0.3 is 38.9 Å². The largest absolute Gasteiger partial charge is 0.445 e. The molecule has 6 aliphatic heterocycles. The molecule has 6 aliphatic rings. The summed E-state index contributed by atoms with van der Waals surface area (Å²) in [5.41, 5.74) is 7.99. The molecule has 0 radical (unpaired) electrons. The number of rotatable bonds is 24. The number of carbonyl (C=O) groups is 6. The molecule has 6 heterocycles. The molecule has 19 nitrogen and oxygen atoms in total. The van der Waals surface area contributed by atoms with Crippen molar-refractivity contribution in [2.45, 2.75) is 200 Å². The van der Waals surface area contributed by atoms with Gasteiger partial charge in [0.1, 0.15) is 12.2 Å². The van der Waals surface area contributed by atoms with Crippen LogP contribution in [0.1, 0.15) is 209 Å². The molecule has 6 atom stereocenters. The van der Waals surface area contributed by atoms with Gasteiger partial charge in [-0.2, -0.15) is 4.31 Å². The molecule has 0 saturated carbocycles. The Hall–Kier alpha value is -11.6. The Labute approximate surface area is 802 Å². The molecule has 0 spiro atoms. The summed E-state index contributed by atoms with van der Waals surface area (Å²) in [7, 11) is -3.37. The van der Waals surface area contributed by atoms with Gasteiger partial charge in [0.2, 0.25) is 10.0 Å². The van der Waals surface area contributed by atoms with E-state index < -0.39 is 21.2 Å². The van der Waals surface area contributed by atoms with Crippen LogP contribution in [0.3, 0.4) is 0 Å².